The van der Waals surface area contributed by atoms with Crippen LogP contribution in [0.5, 0.6) is 17.2 Å². The minimum atomic E-state index is -0.983. The first kappa shape index (κ1) is 22.1. The van der Waals surface area contributed by atoms with E-state index in [1.165, 1.54) is 33.3 Å². The van der Waals surface area contributed by atoms with E-state index >= 15 is 0 Å². The molecule has 154 valence electrons. The van der Waals surface area contributed by atoms with Crippen LogP contribution < -0.4 is 19.5 Å². The van der Waals surface area contributed by atoms with Crippen molar-refractivity contribution < 1.29 is 28.5 Å². The molecular formula is C21H22ClNO6. The lowest BCUT2D eigenvalue weighted by Crippen LogP contribution is -2.29. The molecule has 1 amide bonds. The number of benzene rings is 2. The zero-order chi connectivity index (χ0) is 21.4. The first-order chi connectivity index (χ1) is 13.9. The molecule has 2 rings (SSSR count). The normalized spacial score (nSPS) is 11.6. The van der Waals surface area contributed by atoms with Crippen molar-refractivity contribution in [3.63, 3.8) is 0 Å². The topological polar surface area (TPSA) is 83.1 Å². The van der Waals surface area contributed by atoms with Crippen LogP contribution in [0.1, 0.15) is 12.5 Å². The lowest BCUT2D eigenvalue weighted by molar-refractivity contribution is -0.148. The summed E-state index contributed by atoms with van der Waals surface area (Å²) in [7, 11) is 4.52. The maximum atomic E-state index is 12.2. The van der Waals surface area contributed by atoms with Gasteiger partial charge in [-0.15, -0.1) is 0 Å². The van der Waals surface area contributed by atoms with Crippen LogP contribution in [0.4, 0.5) is 5.69 Å². The Kier molecular flexibility index (Phi) is 7.91. The average Bonchev–Trinajstić information content (AvgIpc) is 2.72. The number of hydrogen-bond acceptors (Lipinski definition) is 6. The van der Waals surface area contributed by atoms with Gasteiger partial charge < -0.3 is 24.3 Å². The Morgan fingerprint density at radius 2 is 1.72 bits per heavy atom. The molecule has 0 radical (unpaired) electrons. The van der Waals surface area contributed by atoms with Crippen LogP contribution in [0, 0.1) is 0 Å². The van der Waals surface area contributed by atoms with Gasteiger partial charge in [-0.1, -0.05) is 11.6 Å². The summed E-state index contributed by atoms with van der Waals surface area (Å²) in [6, 6.07) is 10.1. The molecule has 0 saturated heterocycles. The number of halogens is 1. The molecule has 1 N–H and O–H groups in total. The summed E-state index contributed by atoms with van der Waals surface area (Å²) in [5, 5.41) is 3.00. The fourth-order valence-electron chi connectivity index (χ4n) is 2.38. The van der Waals surface area contributed by atoms with Crippen LogP contribution in [0.15, 0.2) is 42.5 Å². The van der Waals surface area contributed by atoms with Gasteiger partial charge in [0.05, 0.1) is 26.4 Å². The molecule has 8 heteroatoms. The second kappa shape index (κ2) is 10.4. The van der Waals surface area contributed by atoms with E-state index in [-0.39, 0.29) is 0 Å². The Morgan fingerprint density at radius 3 is 2.31 bits per heavy atom. The third-order valence-corrected chi connectivity index (χ3v) is 4.17. The maximum Gasteiger partial charge on any atom is 0.331 e. The molecule has 7 nitrogen and oxygen atoms in total. The summed E-state index contributed by atoms with van der Waals surface area (Å²) >= 11 is 6.13. The van der Waals surface area contributed by atoms with E-state index < -0.39 is 18.0 Å². The third kappa shape index (κ3) is 6.15. The van der Waals surface area contributed by atoms with Gasteiger partial charge in [0.2, 0.25) is 0 Å². The van der Waals surface area contributed by atoms with Gasteiger partial charge in [-0.3, -0.25) is 4.79 Å². The highest BCUT2D eigenvalue weighted by Crippen LogP contribution is 2.36. The number of amides is 1. The zero-order valence-electron chi connectivity index (χ0n) is 16.5. The predicted molar refractivity (Wildman–Crippen MR) is 111 cm³/mol. The SMILES string of the molecule is COc1ccc(NC(=O)[C@H](C)OC(=O)/C=C/c2cc(Cl)c(OC)c(OC)c2)cc1. The number of nitrogens with one attached hydrogen (secondary N) is 1. The summed E-state index contributed by atoms with van der Waals surface area (Å²) in [5.41, 5.74) is 1.18. The van der Waals surface area contributed by atoms with E-state index in [4.69, 9.17) is 30.5 Å². The van der Waals surface area contributed by atoms with Crippen LogP contribution in [-0.2, 0) is 14.3 Å². The van der Waals surface area contributed by atoms with Crippen LogP contribution >= 0.6 is 11.6 Å². The number of hydrogen-bond donors (Lipinski definition) is 1. The molecule has 0 fully saturated rings. The predicted octanol–water partition coefficient (Wildman–Crippen LogP) is 3.95. The number of ether oxygens (including phenoxy) is 4. The number of carbonyl (C=O) groups excluding carboxylic acids is 2. The van der Waals surface area contributed by atoms with Crippen LogP contribution in [0.25, 0.3) is 6.08 Å². The highest BCUT2D eigenvalue weighted by atomic mass is 35.5. The van der Waals surface area contributed by atoms with E-state index in [0.29, 0.717) is 33.5 Å². The van der Waals surface area contributed by atoms with Crippen molar-refractivity contribution >= 4 is 35.2 Å². The van der Waals surface area contributed by atoms with Crippen molar-refractivity contribution in [3.05, 3.63) is 53.1 Å². The lowest BCUT2D eigenvalue weighted by Gasteiger charge is -2.13. The molecule has 0 saturated carbocycles. The van der Waals surface area contributed by atoms with Crippen molar-refractivity contribution in [2.24, 2.45) is 0 Å². The maximum absolute atomic E-state index is 12.2. The molecule has 1 atom stereocenters. The molecule has 0 aromatic heterocycles. The molecule has 29 heavy (non-hydrogen) atoms. The van der Waals surface area contributed by atoms with Gasteiger partial charge in [0.15, 0.2) is 17.6 Å². The molecule has 0 aliphatic carbocycles. The quantitative estimate of drug-likeness (QED) is 0.515. The van der Waals surface area contributed by atoms with Gasteiger partial charge in [-0.2, -0.15) is 0 Å². The lowest BCUT2D eigenvalue weighted by atomic mass is 10.2. The Hall–Kier alpha value is -3.19. The smallest absolute Gasteiger partial charge is 0.331 e. The molecule has 0 aliphatic heterocycles. The number of esters is 1. The first-order valence-electron chi connectivity index (χ1n) is 8.63. The van der Waals surface area contributed by atoms with Crippen molar-refractivity contribution in [3.8, 4) is 17.2 Å². The Bertz CT molecular complexity index is 895. The van der Waals surface area contributed by atoms with Gasteiger partial charge in [0.1, 0.15) is 5.75 Å². The van der Waals surface area contributed by atoms with E-state index in [9.17, 15) is 9.59 Å². The van der Waals surface area contributed by atoms with Crippen molar-refractivity contribution in [2.75, 3.05) is 26.6 Å². The zero-order valence-corrected chi connectivity index (χ0v) is 17.3. The summed E-state index contributed by atoms with van der Waals surface area (Å²) in [4.78, 5) is 24.2. The van der Waals surface area contributed by atoms with Gasteiger partial charge in [-0.05, 0) is 55.0 Å². The summed E-state index contributed by atoms with van der Waals surface area (Å²) in [6.45, 7) is 1.48. The van der Waals surface area contributed by atoms with Gasteiger partial charge in [0.25, 0.3) is 5.91 Å². The fraction of sp³-hybridized carbons (Fsp3) is 0.238. The second-order valence-corrected chi connectivity index (χ2v) is 6.28. The highest BCUT2D eigenvalue weighted by Gasteiger charge is 2.17. The number of methoxy groups -OCH3 is 3. The number of rotatable bonds is 8. The fourth-order valence-corrected chi connectivity index (χ4v) is 2.68. The van der Waals surface area contributed by atoms with E-state index in [1.54, 1.807) is 43.5 Å². The van der Waals surface area contributed by atoms with Crippen molar-refractivity contribution in [2.45, 2.75) is 13.0 Å². The molecule has 0 unspecified atom stereocenters. The molecule has 0 bridgehead atoms. The monoisotopic (exact) mass is 419 g/mol. The summed E-state index contributed by atoms with van der Waals surface area (Å²) in [6.07, 6.45) is 1.72. The molecular weight excluding hydrogens is 398 g/mol. The van der Waals surface area contributed by atoms with E-state index in [1.807, 2.05) is 0 Å². The Balaban J connectivity index is 1.96. The van der Waals surface area contributed by atoms with Crippen LogP contribution in [0.2, 0.25) is 5.02 Å². The Morgan fingerprint density at radius 1 is 1.03 bits per heavy atom. The third-order valence-electron chi connectivity index (χ3n) is 3.89. The summed E-state index contributed by atoms with van der Waals surface area (Å²) in [5.74, 6) is 0.375. The largest absolute Gasteiger partial charge is 0.497 e. The van der Waals surface area contributed by atoms with Crippen LogP contribution in [0.3, 0.4) is 0 Å². The van der Waals surface area contributed by atoms with E-state index in [0.717, 1.165) is 0 Å². The number of carbonyl (C=O) groups is 2. The Labute approximate surface area is 174 Å². The van der Waals surface area contributed by atoms with Gasteiger partial charge in [0, 0.05) is 11.8 Å². The first-order valence-corrected chi connectivity index (χ1v) is 9.00. The van der Waals surface area contributed by atoms with Gasteiger partial charge >= 0.3 is 5.97 Å². The van der Waals surface area contributed by atoms with E-state index in [2.05, 4.69) is 5.32 Å². The molecule has 2 aromatic carbocycles. The highest BCUT2D eigenvalue weighted by molar-refractivity contribution is 6.32. The van der Waals surface area contributed by atoms with Crippen molar-refractivity contribution in [1.82, 2.24) is 0 Å². The van der Waals surface area contributed by atoms with Crippen molar-refractivity contribution in [1.29, 1.82) is 0 Å². The second-order valence-electron chi connectivity index (χ2n) is 5.87. The minimum Gasteiger partial charge on any atom is -0.497 e. The minimum absolute atomic E-state index is 0.340. The standard InChI is InChI=1S/C21H22ClNO6/c1-13(21(25)23-15-6-8-16(26-2)9-7-15)29-19(24)10-5-14-11-17(22)20(28-4)18(12-14)27-3/h5-13H,1-4H3,(H,23,25)/b10-5+/t13-/m0/s1. The average molecular weight is 420 g/mol. The van der Waals surface area contributed by atoms with Gasteiger partial charge in [-0.25, -0.2) is 4.79 Å². The molecule has 0 spiro atoms. The molecule has 2 aromatic rings. The molecule has 0 aliphatic rings. The number of anilines is 1. The summed E-state index contributed by atoms with van der Waals surface area (Å²) < 4.78 is 20.6. The molecule has 0 heterocycles. The van der Waals surface area contributed by atoms with Crippen LogP contribution in [-0.4, -0.2) is 39.3 Å².